The lowest BCUT2D eigenvalue weighted by Gasteiger charge is -2.05. The summed E-state index contributed by atoms with van der Waals surface area (Å²) < 4.78 is 38.4. The van der Waals surface area contributed by atoms with Crippen molar-refractivity contribution in [2.45, 2.75) is 6.42 Å². The topological polar surface area (TPSA) is 103 Å². The Kier molecular flexibility index (Phi) is 9.02. The summed E-state index contributed by atoms with van der Waals surface area (Å²) in [6, 6.07) is 18.5. The van der Waals surface area contributed by atoms with E-state index < -0.39 is 6.86 Å². The van der Waals surface area contributed by atoms with E-state index in [0.717, 1.165) is 34.2 Å². The second kappa shape index (κ2) is 13.4. The molecule has 0 saturated heterocycles. The lowest BCUT2D eigenvalue weighted by Crippen LogP contribution is -1.97. The zero-order valence-electron chi connectivity index (χ0n) is 23.2. The molecule has 6 aromatic rings. The number of nitrogens with zero attached hydrogens (tertiary/aromatic N) is 6. The van der Waals surface area contributed by atoms with E-state index in [-0.39, 0.29) is 6.67 Å². The molecular weight excluding hydrogens is 542 g/mol. The van der Waals surface area contributed by atoms with E-state index in [9.17, 15) is 8.78 Å². The van der Waals surface area contributed by atoms with Crippen molar-refractivity contribution in [3.05, 3.63) is 85.5 Å². The van der Waals surface area contributed by atoms with Gasteiger partial charge in [-0.3, -0.25) is 13.2 Å². The maximum Gasteiger partial charge on any atom is 0.236 e. The van der Waals surface area contributed by atoms with Crippen LogP contribution in [0.25, 0.3) is 34.1 Å². The predicted octanol–water partition coefficient (Wildman–Crippen LogP) is 5.92. The van der Waals surface area contributed by atoms with Crippen molar-refractivity contribution >= 4 is 23.2 Å². The molecule has 0 fully saturated rings. The first-order valence-electron chi connectivity index (χ1n) is 13.3. The molecule has 0 saturated carbocycles. The molecular formula is C30H30F2N8O2. The summed E-state index contributed by atoms with van der Waals surface area (Å²) in [5, 5.41) is 5.96. The van der Waals surface area contributed by atoms with E-state index >= 15 is 0 Å². The Morgan fingerprint density at radius 3 is 1.69 bits per heavy atom. The number of alkyl halides is 2. The Hall–Kier alpha value is -5.26. The maximum absolute atomic E-state index is 12.2. The standard InChI is InChI=1S/C16H17FN4O.C14H13FN4O/c1-18-15-6-8-21-11-14(19-16(21)20-15)12-4-2-5-13(10-12)22-9-3-7-17;1-16-13-5-6-19-8-12(17-14(19)18-13)10-3-2-4-11(7-10)20-9-15/h2,4-6,8,10-11H,3,7,9H2,1H3,(H,18,19,20);2-8H,9H2,1H3,(H,16,17,18). The Morgan fingerprint density at radius 2 is 1.21 bits per heavy atom. The van der Waals surface area contributed by atoms with Crippen molar-refractivity contribution in [2.75, 3.05) is 44.9 Å². The van der Waals surface area contributed by atoms with Gasteiger partial charge in [-0.1, -0.05) is 24.3 Å². The predicted molar refractivity (Wildman–Crippen MR) is 159 cm³/mol. The van der Waals surface area contributed by atoms with Gasteiger partial charge in [-0.05, 0) is 36.4 Å². The highest BCUT2D eigenvalue weighted by atomic mass is 19.1. The number of benzene rings is 2. The second-order valence-corrected chi connectivity index (χ2v) is 8.99. The smallest absolute Gasteiger partial charge is 0.236 e. The lowest BCUT2D eigenvalue weighted by molar-refractivity contribution is 0.192. The van der Waals surface area contributed by atoms with Gasteiger partial charge in [0.05, 0.1) is 24.7 Å². The van der Waals surface area contributed by atoms with E-state index in [1.165, 1.54) is 0 Å². The van der Waals surface area contributed by atoms with Gasteiger partial charge in [-0.15, -0.1) is 0 Å². The van der Waals surface area contributed by atoms with Crippen molar-refractivity contribution in [1.29, 1.82) is 0 Å². The van der Waals surface area contributed by atoms with Gasteiger partial charge in [0, 0.05) is 56.4 Å². The Bertz CT molecular complexity index is 1770. The highest BCUT2D eigenvalue weighted by Gasteiger charge is 2.08. The number of anilines is 2. The van der Waals surface area contributed by atoms with Gasteiger partial charge in [0.25, 0.3) is 0 Å². The van der Waals surface area contributed by atoms with Gasteiger partial charge >= 0.3 is 0 Å². The number of hydrogen-bond donors (Lipinski definition) is 2. The molecule has 12 heteroatoms. The molecule has 6 rings (SSSR count). The van der Waals surface area contributed by atoms with Crippen molar-refractivity contribution in [3.63, 3.8) is 0 Å². The van der Waals surface area contributed by atoms with Crippen LogP contribution in [-0.4, -0.2) is 63.0 Å². The molecule has 4 heterocycles. The molecule has 0 aliphatic heterocycles. The summed E-state index contributed by atoms with van der Waals surface area (Å²) in [5.74, 6) is 3.95. The lowest BCUT2D eigenvalue weighted by atomic mass is 10.1. The summed E-state index contributed by atoms with van der Waals surface area (Å²) in [7, 11) is 3.63. The molecule has 0 amide bonds. The van der Waals surface area contributed by atoms with Crippen LogP contribution < -0.4 is 20.1 Å². The van der Waals surface area contributed by atoms with Crippen LogP contribution >= 0.6 is 0 Å². The first kappa shape index (κ1) is 28.3. The van der Waals surface area contributed by atoms with Crippen LogP contribution in [-0.2, 0) is 0 Å². The monoisotopic (exact) mass is 572 g/mol. The van der Waals surface area contributed by atoms with Gasteiger partial charge in [0.1, 0.15) is 23.1 Å². The molecule has 10 nitrogen and oxygen atoms in total. The minimum absolute atomic E-state index is 0.369. The van der Waals surface area contributed by atoms with E-state index in [1.807, 2.05) is 83.1 Å². The molecule has 0 spiro atoms. The summed E-state index contributed by atoms with van der Waals surface area (Å²) in [6.07, 6.45) is 7.98. The number of halogens is 2. The van der Waals surface area contributed by atoms with Crippen molar-refractivity contribution in [3.8, 4) is 34.0 Å². The maximum atomic E-state index is 12.2. The first-order valence-corrected chi connectivity index (χ1v) is 13.3. The normalized spacial score (nSPS) is 10.8. The molecule has 0 unspecified atom stereocenters. The fraction of sp³-hybridized carbons (Fsp3) is 0.200. The zero-order chi connectivity index (χ0) is 29.3. The minimum atomic E-state index is -0.846. The molecule has 42 heavy (non-hydrogen) atoms. The molecule has 0 aliphatic carbocycles. The number of ether oxygens (including phenoxy) is 2. The molecule has 216 valence electrons. The van der Waals surface area contributed by atoms with Gasteiger partial charge in [-0.25, -0.2) is 14.4 Å². The average Bonchev–Trinajstić information content (AvgIpc) is 3.66. The largest absolute Gasteiger partial charge is 0.493 e. The Balaban J connectivity index is 0.000000169. The van der Waals surface area contributed by atoms with Crippen LogP contribution in [0.3, 0.4) is 0 Å². The van der Waals surface area contributed by atoms with Crippen LogP contribution in [0.2, 0.25) is 0 Å². The summed E-state index contributed by atoms with van der Waals surface area (Å²) in [5.41, 5.74) is 3.37. The molecule has 2 aromatic carbocycles. The average molecular weight is 573 g/mol. The van der Waals surface area contributed by atoms with Crippen LogP contribution in [0.5, 0.6) is 11.5 Å². The van der Waals surface area contributed by atoms with Crippen LogP contribution in [0, 0.1) is 0 Å². The van der Waals surface area contributed by atoms with E-state index in [4.69, 9.17) is 9.47 Å². The third kappa shape index (κ3) is 6.72. The molecule has 0 bridgehead atoms. The van der Waals surface area contributed by atoms with Gasteiger partial charge < -0.3 is 20.1 Å². The fourth-order valence-electron chi connectivity index (χ4n) is 4.10. The molecule has 2 N–H and O–H groups in total. The van der Waals surface area contributed by atoms with Gasteiger partial charge in [-0.2, -0.15) is 9.97 Å². The summed E-state index contributed by atoms with van der Waals surface area (Å²) >= 11 is 0. The van der Waals surface area contributed by atoms with Crippen LogP contribution in [0.15, 0.2) is 85.5 Å². The number of nitrogens with one attached hydrogen (secondary N) is 2. The fourth-order valence-corrected chi connectivity index (χ4v) is 4.10. The van der Waals surface area contributed by atoms with E-state index in [0.29, 0.717) is 36.1 Å². The quantitative estimate of drug-likeness (QED) is 0.195. The minimum Gasteiger partial charge on any atom is -0.493 e. The highest BCUT2D eigenvalue weighted by molar-refractivity contribution is 5.64. The van der Waals surface area contributed by atoms with E-state index in [2.05, 4.69) is 30.6 Å². The number of hydrogen-bond acceptors (Lipinski definition) is 8. The SMILES string of the molecule is CNc1ccn2cc(-c3cccc(OCCCF)c3)nc2n1.CNc1ccn2cc(-c3cccc(OCF)c3)nc2n1. The highest BCUT2D eigenvalue weighted by Crippen LogP contribution is 2.25. The van der Waals surface area contributed by atoms with Crippen LogP contribution in [0.4, 0.5) is 20.4 Å². The molecule has 0 atom stereocenters. The van der Waals surface area contributed by atoms with Gasteiger partial charge in [0.15, 0.2) is 0 Å². The van der Waals surface area contributed by atoms with Crippen molar-refractivity contribution in [2.24, 2.45) is 0 Å². The first-order chi connectivity index (χ1) is 20.6. The van der Waals surface area contributed by atoms with Crippen LogP contribution in [0.1, 0.15) is 6.42 Å². The zero-order valence-corrected chi connectivity index (χ0v) is 23.2. The third-order valence-electron chi connectivity index (χ3n) is 6.19. The molecule has 0 radical (unpaired) electrons. The van der Waals surface area contributed by atoms with Crippen molar-refractivity contribution in [1.82, 2.24) is 28.7 Å². The Morgan fingerprint density at radius 1 is 0.690 bits per heavy atom. The number of imidazole rings is 2. The summed E-state index contributed by atoms with van der Waals surface area (Å²) in [6.45, 7) is -0.842. The third-order valence-corrected chi connectivity index (χ3v) is 6.19. The second-order valence-electron chi connectivity index (χ2n) is 8.99. The molecule has 0 aliphatic rings. The number of rotatable bonds is 10. The number of aromatic nitrogens is 6. The van der Waals surface area contributed by atoms with Crippen molar-refractivity contribution < 1.29 is 18.3 Å². The molecule has 4 aromatic heterocycles. The van der Waals surface area contributed by atoms with E-state index in [1.54, 1.807) is 25.2 Å². The Labute approximate surface area is 241 Å². The summed E-state index contributed by atoms with van der Waals surface area (Å²) in [4.78, 5) is 17.7. The number of fused-ring (bicyclic) bond motifs is 2. The van der Waals surface area contributed by atoms with Gasteiger partial charge in [0.2, 0.25) is 18.4 Å².